The van der Waals surface area contributed by atoms with Gasteiger partial charge in [0.25, 0.3) is 0 Å². The monoisotopic (exact) mass is 183 g/mol. The first-order chi connectivity index (χ1) is 5.90. The van der Waals surface area contributed by atoms with E-state index in [1.54, 1.807) is 11.3 Å². The smallest absolute Gasteiger partial charge is 0.0795 e. The summed E-state index contributed by atoms with van der Waals surface area (Å²) in [4.78, 5) is 4.24. The van der Waals surface area contributed by atoms with Crippen LogP contribution >= 0.6 is 11.3 Å². The zero-order valence-corrected chi connectivity index (χ0v) is 7.68. The van der Waals surface area contributed by atoms with Gasteiger partial charge in [-0.25, -0.2) is 4.98 Å². The highest BCUT2D eigenvalue weighted by molar-refractivity contribution is 7.07. The number of hydrogen-bond acceptors (Lipinski definition) is 4. The lowest BCUT2D eigenvalue weighted by atomic mass is 10.1. The molecule has 3 N–H and O–H groups in total. The summed E-state index contributed by atoms with van der Waals surface area (Å²) in [6.45, 7) is 0. The number of hydrazine groups is 1. The minimum Gasteiger partial charge on any atom is -0.271 e. The molecule has 1 saturated carbocycles. The Balaban J connectivity index is 1.97. The van der Waals surface area contributed by atoms with Crippen molar-refractivity contribution in [2.75, 3.05) is 0 Å². The molecule has 1 aliphatic rings. The molecule has 1 heterocycles. The van der Waals surface area contributed by atoms with Gasteiger partial charge < -0.3 is 0 Å². The Morgan fingerprint density at radius 1 is 1.75 bits per heavy atom. The van der Waals surface area contributed by atoms with Crippen LogP contribution in [0.4, 0.5) is 0 Å². The summed E-state index contributed by atoms with van der Waals surface area (Å²) in [6, 6.07) is 0.267. The number of nitrogens with zero attached hydrogens (tertiary/aromatic N) is 1. The van der Waals surface area contributed by atoms with Crippen LogP contribution in [-0.2, 0) is 0 Å². The van der Waals surface area contributed by atoms with Crippen LogP contribution in [0.25, 0.3) is 0 Å². The van der Waals surface area contributed by atoms with Gasteiger partial charge in [0.15, 0.2) is 0 Å². The van der Waals surface area contributed by atoms with Crippen molar-refractivity contribution in [3.05, 3.63) is 16.6 Å². The van der Waals surface area contributed by atoms with E-state index >= 15 is 0 Å². The van der Waals surface area contributed by atoms with Gasteiger partial charge in [0.2, 0.25) is 0 Å². The molecule has 0 spiro atoms. The van der Waals surface area contributed by atoms with Crippen LogP contribution in [0.5, 0.6) is 0 Å². The highest BCUT2D eigenvalue weighted by Gasteiger charge is 2.26. The van der Waals surface area contributed by atoms with Crippen LogP contribution in [0.3, 0.4) is 0 Å². The van der Waals surface area contributed by atoms with Crippen molar-refractivity contribution < 1.29 is 0 Å². The largest absolute Gasteiger partial charge is 0.271 e. The van der Waals surface area contributed by atoms with E-state index in [1.807, 2.05) is 5.51 Å². The third-order valence-corrected chi connectivity index (χ3v) is 2.88. The van der Waals surface area contributed by atoms with Gasteiger partial charge in [-0.05, 0) is 12.3 Å². The number of thiazole rings is 1. The molecular weight excluding hydrogens is 170 g/mol. The second kappa shape index (κ2) is 3.51. The first-order valence-corrected chi connectivity index (χ1v) is 5.18. The van der Waals surface area contributed by atoms with Crippen LogP contribution in [0.2, 0.25) is 0 Å². The standard InChI is InChI=1S/C8H13N3S/c9-11-7(3-6-1-2-6)8-4-12-5-10-8/h4-7,11H,1-3,9H2. The number of nitrogens with one attached hydrogen (secondary N) is 1. The molecular formula is C8H13N3S. The number of nitrogens with two attached hydrogens (primary N) is 1. The number of hydrogen-bond donors (Lipinski definition) is 2. The summed E-state index contributed by atoms with van der Waals surface area (Å²) in [5.74, 6) is 6.34. The van der Waals surface area contributed by atoms with Crippen LogP contribution in [0.1, 0.15) is 31.0 Å². The summed E-state index contributed by atoms with van der Waals surface area (Å²) in [7, 11) is 0. The molecule has 0 saturated heterocycles. The van der Waals surface area contributed by atoms with Crippen molar-refractivity contribution in [2.24, 2.45) is 11.8 Å². The fourth-order valence-electron chi connectivity index (χ4n) is 1.36. The molecule has 2 rings (SSSR count). The predicted molar refractivity (Wildman–Crippen MR) is 49.5 cm³/mol. The molecule has 1 unspecified atom stereocenters. The quantitative estimate of drug-likeness (QED) is 0.548. The lowest BCUT2D eigenvalue weighted by Gasteiger charge is -2.11. The van der Waals surface area contributed by atoms with Crippen LogP contribution in [-0.4, -0.2) is 4.98 Å². The highest BCUT2D eigenvalue weighted by Crippen LogP contribution is 2.37. The molecule has 1 aromatic heterocycles. The summed E-state index contributed by atoms with van der Waals surface area (Å²) in [6.07, 6.45) is 3.87. The predicted octanol–water partition coefficient (Wildman–Crippen LogP) is 1.45. The van der Waals surface area contributed by atoms with E-state index in [-0.39, 0.29) is 6.04 Å². The molecule has 1 fully saturated rings. The lowest BCUT2D eigenvalue weighted by Crippen LogP contribution is -2.28. The maximum Gasteiger partial charge on any atom is 0.0795 e. The molecule has 4 heteroatoms. The molecule has 0 aliphatic heterocycles. The van der Waals surface area contributed by atoms with Gasteiger partial charge in [0, 0.05) is 5.38 Å². The zero-order valence-electron chi connectivity index (χ0n) is 6.86. The van der Waals surface area contributed by atoms with Gasteiger partial charge in [-0.2, -0.15) is 0 Å². The van der Waals surface area contributed by atoms with Gasteiger partial charge >= 0.3 is 0 Å². The second-order valence-corrected chi connectivity index (χ2v) is 4.03. The van der Waals surface area contributed by atoms with E-state index in [1.165, 1.54) is 12.8 Å². The summed E-state index contributed by atoms with van der Waals surface area (Å²) in [5, 5.41) is 2.06. The van der Waals surface area contributed by atoms with E-state index in [0.29, 0.717) is 0 Å². The van der Waals surface area contributed by atoms with E-state index in [4.69, 9.17) is 5.84 Å². The molecule has 66 valence electrons. The van der Waals surface area contributed by atoms with E-state index in [2.05, 4.69) is 15.8 Å². The topological polar surface area (TPSA) is 50.9 Å². The summed E-state index contributed by atoms with van der Waals surface area (Å²) >= 11 is 1.62. The Hall–Kier alpha value is -0.450. The highest BCUT2D eigenvalue weighted by atomic mass is 32.1. The maximum absolute atomic E-state index is 5.45. The Kier molecular flexibility index (Phi) is 2.39. The van der Waals surface area contributed by atoms with Crippen molar-refractivity contribution in [1.29, 1.82) is 0 Å². The Morgan fingerprint density at radius 3 is 3.08 bits per heavy atom. The summed E-state index contributed by atoms with van der Waals surface area (Å²) < 4.78 is 0. The van der Waals surface area contributed by atoms with Crippen LogP contribution < -0.4 is 11.3 Å². The van der Waals surface area contributed by atoms with E-state index < -0.39 is 0 Å². The van der Waals surface area contributed by atoms with E-state index in [9.17, 15) is 0 Å². The molecule has 1 aliphatic carbocycles. The normalized spacial score (nSPS) is 19.4. The fraction of sp³-hybridized carbons (Fsp3) is 0.625. The third kappa shape index (κ3) is 1.83. The molecule has 12 heavy (non-hydrogen) atoms. The lowest BCUT2D eigenvalue weighted by molar-refractivity contribution is 0.479. The van der Waals surface area contributed by atoms with E-state index in [0.717, 1.165) is 18.0 Å². The first kappa shape index (κ1) is 8.16. The average Bonchev–Trinajstić information content (AvgIpc) is 2.74. The zero-order chi connectivity index (χ0) is 8.39. The molecule has 0 radical (unpaired) electrons. The third-order valence-electron chi connectivity index (χ3n) is 2.28. The molecule has 0 aromatic carbocycles. The number of aromatic nitrogens is 1. The molecule has 1 aromatic rings. The molecule has 3 nitrogen and oxygen atoms in total. The Morgan fingerprint density at radius 2 is 2.58 bits per heavy atom. The Bertz CT molecular complexity index is 230. The minimum atomic E-state index is 0.267. The van der Waals surface area contributed by atoms with Gasteiger partial charge in [-0.3, -0.25) is 11.3 Å². The SMILES string of the molecule is NNC(CC1CC1)c1cscn1. The van der Waals surface area contributed by atoms with Gasteiger partial charge in [0.05, 0.1) is 17.2 Å². The molecule has 0 amide bonds. The van der Waals surface area contributed by atoms with Crippen molar-refractivity contribution in [3.63, 3.8) is 0 Å². The molecule has 0 bridgehead atoms. The van der Waals surface area contributed by atoms with Crippen LogP contribution in [0.15, 0.2) is 10.9 Å². The van der Waals surface area contributed by atoms with Gasteiger partial charge in [0.1, 0.15) is 0 Å². The van der Waals surface area contributed by atoms with Crippen molar-refractivity contribution in [1.82, 2.24) is 10.4 Å². The Labute approximate surface area is 76.0 Å². The molecule has 1 atom stereocenters. The van der Waals surface area contributed by atoms with Gasteiger partial charge in [-0.1, -0.05) is 12.8 Å². The first-order valence-electron chi connectivity index (χ1n) is 4.24. The summed E-state index contributed by atoms with van der Waals surface area (Å²) in [5.41, 5.74) is 5.77. The second-order valence-electron chi connectivity index (χ2n) is 3.31. The van der Waals surface area contributed by atoms with Crippen molar-refractivity contribution >= 4 is 11.3 Å². The van der Waals surface area contributed by atoms with Crippen molar-refractivity contribution in [3.8, 4) is 0 Å². The minimum absolute atomic E-state index is 0.267. The fourth-order valence-corrected chi connectivity index (χ4v) is 1.96. The number of rotatable bonds is 4. The van der Waals surface area contributed by atoms with Gasteiger partial charge in [-0.15, -0.1) is 11.3 Å². The van der Waals surface area contributed by atoms with Crippen LogP contribution in [0, 0.1) is 5.92 Å². The average molecular weight is 183 g/mol. The maximum atomic E-state index is 5.45. The van der Waals surface area contributed by atoms with Crippen molar-refractivity contribution in [2.45, 2.75) is 25.3 Å².